The van der Waals surface area contributed by atoms with Gasteiger partial charge in [0.05, 0.1) is 12.8 Å². The second-order valence-electron chi connectivity index (χ2n) is 11.8. The fourth-order valence-corrected chi connectivity index (χ4v) is 5.53. The first-order chi connectivity index (χ1) is 19.2. The molecular formula is C34H39N3O3. The van der Waals surface area contributed by atoms with E-state index >= 15 is 0 Å². The highest BCUT2D eigenvalue weighted by atomic mass is 16.5. The van der Waals surface area contributed by atoms with Crippen LogP contribution >= 0.6 is 0 Å². The molecular weight excluding hydrogens is 498 g/mol. The molecule has 2 heterocycles. The normalized spacial score (nSPS) is 14.3. The Kier molecular flexibility index (Phi) is 8.08. The van der Waals surface area contributed by atoms with Gasteiger partial charge < -0.3 is 10.1 Å². The van der Waals surface area contributed by atoms with Crippen molar-refractivity contribution >= 4 is 16.7 Å². The van der Waals surface area contributed by atoms with Gasteiger partial charge in [-0.15, -0.1) is 0 Å². The molecule has 6 heteroatoms. The number of nitrogens with zero attached hydrogens (tertiary/aromatic N) is 2. The van der Waals surface area contributed by atoms with Crippen molar-refractivity contribution in [2.45, 2.75) is 58.7 Å². The van der Waals surface area contributed by atoms with Gasteiger partial charge in [0, 0.05) is 23.0 Å². The van der Waals surface area contributed by atoms with E-state index in [1.807, 2.05) is 63.2 Å². The molecule has 0 saturated carbocycles. The summed E-state index contributed by atoms with van der Waals surface area (Å²) in [5.41, 5.74) is 4.26. The Bertz CT molecular complexity index is 1580. The number of fused-ring (bicyclic) bond motifs is 1. The molecule has 5 rings (SSSR count). The monoisotopic (exact) mass is 537 g/mol. The highest BCUT2D eigenvalue weighted by Gasteiger charge is 2.19. The largest absolute Gasteiger partial charge is 0.497 e. The Morgan fingerprint density at radius 2 is 1.60 bits per heavy atom. The van der Waals surface area contributed by atoms with Crippen LogP contribution in [0.1, 0.15) is 45.6 Å². The summed E-state index contributed by atoms with van der Waals surface area (Å²) in [4.78, 5) is 29.6. The summed E-state index contributed by atoms with van der Waals surface area (Å²) in [5, 5.41) is 4.42. The maximum Gasteiger partial charge on any atom is 0.259 e. The van der Waals surface area contributed by atoms with Crippen LogP contribution in [-0.2, 0) is 17.9 Å². The lowest BCUT2D eigenvalue weighted by Crippen LogP contribution is -2.43. The number of piperidine rings is 1. The van der Waals surface area contributed by atoms with E-state index < -0.39 is 5.54 Å². The molecule has 40 heavy (non-hydrogen) atoms. The maximum atomic E-state index is 14.0. The van der Waals surface area contributed by atoms with Crippen LogP contribution in [0.15, 0.2) is 77.6 Å². The number of nitrogens with one attached hydrogen (secondary N) is 1. The first kappa shape index (κ1) is 27.7. The minimum Gasteiger partial charge on any atom is -0.497 e. The van der Waals surface area contributed by atoms with E-state index in [1.165, 1.54) is 24.8 Å². The van der Waals surface area contributed by atoms with E-state index in [4.69, 9.17) is 4.74 Å². The Balaban J connectivity index is 1.57. The van der Waals surface area contributed by atoms with Crippen LogP contribution in [-0.4, -0.2) is 41.1 Å². The van der Waals surface area contributed by atoms with Gasteiger partial charge in [0.25, 0.3) is 5.56 Å². The summed E-state index contributed by atoms with van der Waals surface area (Å²) in [6.07, 6.45) is 3.85. The molecule has 4 aromatic rings. The quantitative estimate of drug-likeness (QED) is 0.303. The smallest absolute Gasteiger partial charge is 0.259 e. The van der Waals surface area contributed by atoms with Crippen molar-refractivity contribution in [1.29, 1.82) is 0 Å². The predicted octanol–water partition coefficient (Wildman–Crippen LogP) is 6.24. The summed E-state index contributed by atoms with van der Waals surface area (Å²) < 4.78 is 7.01. The molecule has 1 saturated heterocycles. The molecule has 208 valence electrons. The highest BCUT2D eigenvalue weighted by molar-refractivity contribution is 5.90. The third-order valence-corrected chi connectivity index (χ3v) is 7.41. The van der Waals surface area contributed by atoms with Crippen molar-refractivity contribution in [3.05, 3.63) is 88.7 Å². The number of ether oxygens (including phenoxy) is 1. The lowest BCUT2D eigenvalue weighted by molar-refractivity contribution is -0.123. The van der Waals surface area contributed by atoms with Crippen LogP contribution < -0.4 is 15.6 Å². The van der Waals surface area contributed by atoms with Gasteiger partial charge >= 0.3 is 0 Å². The van der Waals surface area contributed by atoms with Crippen molar-refractivity contribution in [2.24, 2.45) is 0 Å². The second-order valence-corrected chi connectivity index (χ2v) is 11.8. The number of benzene rings is 3. The molecule has 0 atom stereocenters. The van der Waals surface area contributed by atoms with Crippen molar-refractivity contribution in [3.63, 3.8) is 0 Å². The number of amides is 1. The van der Waals surface area contributed by atoms with Crippen LogP contribution in [0, 0.1) is 0 Å². The summed E-state index contributed by atoms with van der Waals surface area (Å²) in [5.74, 6) is 0.482. The molecule has 6 nitrogen and oxygen atoms in total. The van der Waals surface area contributed by atoms with Gasteiger partial charge in [-0.25, -0.2) is 0 Å². The van der Waals surface area contributed by atoms with E-state index in [2.05, 4.69) is 40.5 Å². The number of hydrogen-bond donors (Lipinski definition) is 1. The lowest BCUT2D eigenvalue weighted by atomic mass is 9.98. The van der Waals surface area contributed by atoms with E-state index in [0.29, 0.717) is 16.8 Å². The number of carbonyl (C=O) groups is 1. The SMILES string of the molecule is COc1cccc(-c2cc3ccc(-c4cccc(CN5CCCCC5)c4)cc3c(=O)n2CC(=O)NC(C)(C)C)c1. The first-order valence-electron chi connectivity index (χ1n) is 14.1. The topological polar surface area (TPSA) is 63.6 Å². The minimum absolute atomic E-state index is 0.0753. The van der Waals surface area contributed by atoms with Gasteiger partial charge in [-0.2, -0.15) is 0 Å². The number of likely N-dealkylation sites (tertiary alicyclic amines) is 1. The summed E-state index contributed by atoms with van der Waals surface area (Å²) >= 11 is 0. The summed E-state index contributed by atoms with van der Waals surface area (Å²) in [6.45, 7) is 8.97. The third kappa shape index (κ3) is 6.45. The molecule has 1 fully saturated rings. The van der Waals surface area contributed by atoms with Crippen LogP contribution in [0.25, 0.3) is 33.2 Å². The molecule has 0 radical (unpaired) electrons. The van der Waals surface area contributed by atoms with E-state index in [9.17, 15) is 9.59 Å². The maximum absolute atomic E-state index is 14.0. The zero-order valence-electron chi connectivity index (χ0n) is 24.0. The Labute approximate surface area is 236 Å². The molecule has 0 aliphatic carbocycles. The average Bonchev–Trinajstić information content (AvgIpc) is 2.94. The van der Waals surface area contributed by atoms with Crippen molar-refractivity contribution in [2.75, 3.05) is 20.2 Å². The number of carbonyl (C=O) groups excluding carboxylic acids is 1. The molecule has 1 aromatic heterocycles. The Morgan fingerprint density at radius 3 is 2.35 bits per heavy atom. The van der Waals surface area contributed by atoms with Crippen molar-refractivity contribution in [3.8, 4) is 28.1 Å². The van der Waals surface area contributed by atoms with E-state index in [-0.39, 0.29) is 18.0 Å². The van der Waals surface area contributed by atoms with Crippen molar-refractivity contribution in [1.82, 2.24) is 14.8 Å². The molecule has 3 aromatic carbocycles. The Hall–Kier alpha value is -3.90. The third-order valence-electron chi connectivity index (χ3n) is 7.41. The fraction of sp³-hybridized carbons (Fsp3) is 0.353. The molecule has 1 aliphatic rings. The van der Waals surface area contributed by atoms with E-state index in [0.717, 1.165) is 41.7 Å². The van der Waals surface area contributed by atoms with Crippen LogP contribution in [0.2, 0.25) is 0 Å². The molecule has 1 N–H and O–H groups in total. The van der Waals surface area contributed by atoms with Gasteiger partial charge in [0.2, 0.25) is 5.91 Å². The number of pyridine rings is 1. The van der Waals surface area contributed by atoms with Gasteiger partial charge in [-0.05, 0) is 99.1 Å². The van der Waals surface area contributed by atoms with Gasteiger partial charge in [-0.1, -0.05) is 48.9 Å². The average molecular weight is 538 g/mol. The fourth-order valence-electron chi connectivity index (χ4n) is 5.53. The molecule has 1 aliphatic heterocycles. The second kappa shape index (κ2) is 11.7. The summed E-state index contributed by atoms with van der Waals surface area (Å²) in [6, 6.07) is 24.2. The standard InChI is InChI=1S/C34H39N3O3/c1-34(2,3)35-32(38)23-37-31(28-12-9-13-29(19-28)40-4)21-27-15-14-26(20-30(27)33(37)39)25-11-8-10-24(18-25)22-36-16-6-5-7-17-36/h8-15,18-21H,5-7,16-17,22-23H2,1-4H3,(H,35,38). The number of rotatable bonds is 7. The van der Waals surface area contributed by atoms with Gasteiger partial charge in [0.1, 0.15) is 12.3 Å². The zero-order chi connectivity index (χ0) is 28.3. The number of methoxy groups -OCH3 is 1. The van der Waals surface area contributed by atoms with Crippen molar-refractivity contribution < 1.29 is 9.53 Å². The zero-order valence-corrected chi connectivity index (χ0v) is 24.0. The minimum atomic E-state index is -0.403. The van der Waals surface area contributed by atoms with Crippen LogP contribution in [0.3, 0.4) is 0 Å². The Morgan fingerprint density at radius 1 is 0.875 bits per heavy atom. The number of hydrogen-bond acceptors (Lipinski definition) is 4. The number of aromatic nitrogens is 1. The van der Waals surface area contributed by atoms with E-state index in [1.54, 1.807) is 11.7 Å². The predicted molar refractivity (Wildman–Crippen MR) is 163 cm³/mol. The summed E-state index contributed by atoms with van der Waals surface area (Å²) in [7, 11) is 1.62. The van der Waals surface area contributed by atoms with Gasteiger partial charge in [-0.3, -0.25) is 19.1 Å². The highest BCUT2D eigenvalue weighted by Crippen LogP contribution is 2.29. The lowest BCUT2D eigenvalue weighted by Gasteiger charge is -2.26. The van der Waals surface area contributed by atoms with Crippen LogP contribution in [0.4, 0.5) is 0 Å². The van der Waals surface area contributed by atoms with Gasteiger partial charge in [0.15, 0.2) is 0 Å². The molecule has 0 spiro atoms. The molecule has 0 bridgehead atoms. The molecule has 0 unspecified atom stereocenters. The van der Waals surface area contributed by atoms with Crippen LogP contribution in [0.5, 0.6) is 5.75 Å². The molecule has 1 amide bonds. The first-order valence-corrected chi connectivity index (χ1v) is 14.1.